The van der Waals surface area contributed by atoms with Gasteiger partial charge in [-0.2, -0.15) is 0 Å². The molecule has 0 fully saturated rings. The predicted octanol–water partition coefficient (Wildman–Crippen LogP) is 4.68. The fourth-order valence-electron chi connectivity index (χ4n) is 2.03. The summed E-state index contributed by atoms with van der Waals surface area (Å²) in [7, 11) is 0. The van der Waals surface area contributed by atoms with Gasteiger partial charge in [0.1, 0.15) is 11.6 Å². The Hall–Kier alpha value is -0.780. The second-order valence-electron chi connectivity index (χ2n) is 4.16. The molecule has 1 aromatic heterocycles. The van der Waals surface area contributed by atoms with Crippen molar-refractivity contribution < 1.29 is 8.78 Å². The SMILES string of the molecule is CCNC(Cc1ccc(Br)s1)c1c(F)cccc1F. The Morgan fingerprint density at radius 3 is 2.42 bits per heavy atom. The molecule has 0 radical (unpaired) electrons. The Bertz CT molecular complexity index is 536. The third-order valence-corrected chi connectivity index (χ3v) is 4.48. The van der Waals surface area contributed by atoms with Gasteiger partial charge in [0.05, 0.1) is 3.79 Å². The number of likely N-dealkylation sites (N-methyl/N-ethyl adjacent to an activating group) is 1. The van der Waals surface area contributed by atoms with Gasteiger partial charge in [0.15, 0.2) is 0 Å². The maximum atomic E-state index is 13.8. The van der Waals surface area contributed by atoms with Gasteiger partial charge in [0.25, 0.3) is 0 Å². The third-order valence-electron chi connectivity index (χ3n) is 2.83. The fourth-order valence-corrected chi connectivity index (χ4v) is 3.56. The molecule has 0 spiro atoms. The molecule has 0 saturated carbocycles. The first-order valence-corrected chi connectivity index (χ1v) is 7.64. The number of hydrogen-bond donors (Lipinski definition) is 1. The molecule has 0 aliphatic heterocycles. The van der Waals surface area contributed by atoms with E-state index in [4.69, 9.17) is 0 Å². The monoisotopic (exact) mass is 345 g/mol. The van der Waals surface area contributed by atoms with Crippen LogP contribution in [0.2, 0.25) is 0 Å². The highest BCUT2D eigenvalue weighted by Gasteiger charge is 2.20. The molecular weight excluding hydrogens is 332 g/mol. The molecule has 102 valence electrons. The van der Waals surface area contributed by atoms with Gasteiger partial charge >= 0.3 is 0 Å². The number of benzene rings is 1. The van der Waals surface area contributed by atoms with Gasteiger partial charge in [0, 0.05) is 22.9 Å². The fraction of sp³-hybridized carbons (Fsp3) is 0.286. The average molecular weight is 346 g/mol. The zero-order chi connectivity index (χ0) is 13.8. The van der Waals surface area contributed by atoms with Crippen LogP contribution in [0.25, 0.3) is 0 Å². The van der Waals surface area contributed by atoms with Crippen LogP contribution in [0.1, 0.15) is 23.4 Å². The Morgan fingerprint density at radius 1 is 1.21 bits per heavy atom. The zero-order valence-electron chi connectivity index (χ0n) is 10.4. The van der Waals surface area contributed by atoms with Gasteiger partial charge < -0.3 is 5.32 Å². The van der Waals surface area contributed by atoms with Crippen molar-refractivity contribution in [3.63, 3.8) is 0 Å². The number of thiophene rings is 1. The second-order valence-corrected chi connectivity index (χ2v) is 6.70. The summed E-state index contributed by atoms with van der Waals surface area (Å²) in [6.45, 7) is 2.58. The van der Waals surface area contributed by atoms with E-state index in [2.05, 4.69) is 21.2 Å². The van der Waals surface area contributed by atoms with E-state index in [1.54, 1.807) is 11.3 Å². The smallest absolute Gasteiger partial charge is 0.130 e. The van der Waals surface area contributed by atoms with Gasteiger partial charge in [0.2, 0.25) is 0 Å². The molecular formula is C14H14BrF2NS. The van der Waals surface area contributed by atoms with Crippen molar-refractivity contribution in [2.75, 3.05) is 6.54 Å². The van der Waals surface area contributed by atoms with Gasteiger partial charge in [-0.15, -0.1) is 11.3 Å². The van der Waals surface area contributed by atoms with Crippen LogP contribution in [0.3, 0.4) is 0 Å². The normalized spacial score (nSPS) is 12.6. The van der Waals surface area contributed by atoms with Crippen LogP contribution in [0.5, 0.6) is 0 Å². The minimum absolute atomic E-state index is 0.119. The highest BCUT2D eigenvalue weighted by Crippen LogP contribution is 2.29. The highest BCUT2D eigenvalue weighted by atomic mass is 79.9. The zero-order valence-corrected chi connectivity index (χ0v) is 12.8. The minimum Gasteiger partial charge on any atom is -0.310 e. The summed E-state index contributed by atoms with van der Waals surface area (Å²) in [6.07, 6.45) is 0.571. The summed E-state index contributed by atoms with van der Waals surface area (Å²) in [5.74, 6) is -0.997. The average Bonchev–Trinajstić information content (AvgIpc) is 2.75. The summed E-state index contributed by atoms with van der Waals surface area (Å²) >= 11 is 4.98. The van der Waals surface area contributed by atoms with Crippen LogP contribution in [0.15, 0.2) is 34.1 Å². The van der Waals surface area contributed by atoms with E-state index >= 15 is 0 Å². The lowest BCUT2D eigenvalue weighted by Gasteiger charge is -2.19. The van der Waals surface area contributed by atoms with Crippen LogP contribution in [0, 0.1) is 11.6 Å². The first-order valence-electron chi connectivity index (χ1n) is 6.03. The minimum atomic E-state index is -0.499. The summed E-state index contributed by atoms with van der Waals surface area (Å²) in [5, 5.41) is 3.15. The molecule has 2 aromatic rings. The Balaban J connectivity index is 2.29. The molecule has 1 N–H and O–H groups in total. The summed E-state index contributed by atoms with van der Waals surface area (Å²) in [5.41, 5.74) is 0.119. The summed E-state index contributed by atoms with van der Waals surface area (Å²) in [4.78, 5) is 1.08. The molecule has 1 atom stereocenters. The van der Waals surface area contributed by atoms with E-state index in [1.807, 2.05) is 19.1 Å². The Labute approximate surface area is 123 Å². The van der Waals surface area contributed by atoms with Gasteiger partial charge in [-0.25, -0.2) is 8.78 Å². The van der Waals surface area contributed by atoms with Gasteiger partial charge in [-0.1, -0.05) is 13.0 Å². The van der Waals surface area contributed by atoms with Crippen molar-refractivity contribution in [2.24, 2.45) is 0 Å². The lowest BCUT2D eigenvalue weighted by molar-refractivity contribution is 0.474. The molecule has 0 amide bonds. The molecule has 19 heavy (non-hydrogen) atoms. The summed E-state index contributed by atoms with van der Waals surface area (Å²) in [6, 6.07) is 7.55. The van der Waals surface area contributed by atoms with E-state index < -0.39 is 11.6 Å². The largest absolute Gasteiger partial charge is 0.310 e. The highest BCUT2D eigenvalue weighted by molar-refractivity contribution is 9.11. The van der Waals surface area contributed by atoms with E-state index in [-0.39, 0.29) is 11.6 Å². The number of hydrogen-bond acceptors (Lipinski definition) is 2. The molecule has 0 saturated heterocycles. The van der Waals surface area contributed by atoms with Crippen molar-refractivity contribution in [1.82, 2.24) is 5.32 Å². The Morgan fingerprint density at radius 2 is 1.89 bits per heavy atom. The molecule has 0 aliphatic carbocycles. The quantitative estimate of drug-likeness (QED) is 0.829. The first-order chi connectivity index (χ1) is 9.11. The van der Waals surface area contributed by atoms with Gasteiger partial charge in [-0.3, -0.25) is 0 Å². The van der Waals surface area contributed by atoms with Crippen molar-refractivity contribution in [2.45, 2.75) is 19.4 Å². The van der Waals surface area contributed by atoms with Crippen LogP contribution in [-0.4, -0.2) is 6.54 Å². The predicted molar refractivity (Wildman–Crippen MR) is 78.5 cm³/mol. The van der Waals surface area contributed by atoms with Crippen LogP contribution < -0.4 is 5.32 Å². The molecule has 5 heteroatoms. The van der Waals surface area contributed by atoms with Crippen molar-refractivity contribution >= 4 is 27.3 Å². The standard InChI is InChI=1S/C14H14BrF2NS/c1-2-18-12(8-9-6-7-13(15)19-9)14-10(16)4-3-5-11(14)17/h3-7,12,18H,2,8H2,1H3. The maximum Gasteiger partial charge on any atom is 0.130 e. The van der Waals surface area contributed by atoms with Crippen molar-refractivity contribution in [3.05, 3.63) is 56.2 Å². The number of rotatable bonds is 5. The van der Waals surface area contributed by atoms with E-state index in [1.165, 1.54) is 18.2 Å². The van der Waals surface area contributed by atoms with E-state index in [9.17, 15) is 8.78 Å². The van der Waals surface area contributed by atoms with Crippen LogP contribution in [0.4, 0.5) is 8.78 Å². The molecule has 1 unspecified atom stereocenters. The van der Waals surface area contributed by atoms with Crippen molar-refractivity contribution in [1.29, 1.82) is 0 Å². The maximum absolute atomic E-state index is 13.8. The van der Waals surface area contributed by atoms with Crippen molar-refractivity contribution in [3.8, 4) is 0 Å². The van der Waals surface area contributed by atoms with Crippen LogP contribution in [-0.2, 0) is 6.42 Å². The van der Waals surface area contributed by atoms with Gasteiger partial charge in [-0.05, 0) is 46.7 Å². The lowest BCUT2D eigenvalue weighted by atomic mass is 10.0. The molecule has 1 aromatic carbocycles. The van der Waals surface area contributed by atoms with Crippen LogP contribution >= 0.6 is 27.3 Å². The lowest BCUT2D eigenvalue weighted by Crippen LogP contribution is -2.24. The molecule has 0 aliphatic rings. The second kappa shape index (κ2) is 6.59. The van der Waals surface area contributed by atoms with E-state index in [0.29, 0.717) is 13.0 Å². The molecule has 1 nitrogen and oxygen atoms in total. The first kappa shape index (κ1) is 14.6. The van der Waals surface area contributed by atoms with E-state index in [0.717, 1.165) is 8.66 Å². The summed E-state index contributed by atoms with van der Waals surface area (Å²) < 4.78 is 28.7. The molecule has 0 bridgehead atoms. The third kappa shape index (κ3) is 3.61. The number of halogens is 3. The topological polar surface area (TPSA) is 12.0 Å². The Kier molecular flexibility index (Phi) is 5.07. The molecule has 1 heterocycles. The molecule has 2 rings (SSSR count). The number of nitrogens with one attached hydrogen (secondary N) is 1.